The molecule has 0 N–H and O–H groups in total. The van der Waals surface area contributed by atoms with Gasteiger partial charge in [-0.3, -0.25) is 4.79 Å². The van der Waals surface area contributed by atoms with E-state index in [-0.39, 0.29) is 19.4 Å². The molecule has 0 aliphatic carbocycles. The second kappa shape index (κ2) is 8.32. The molecule has 0 aliphatic rings. The van der Waals surface area contributed by atoms with Gasteiger partial charge in [0.05, 0.1) is 6.42 Å². The predicted molar refractivity (Wildman–Crippen MR) is 110 cm³/mol. The molecule has 0 bridgehead atoms. The number of aromatic nitrogens is 2. The molecule has 0 unspecified atom stereocenters. The Labute approximate surface area is 172 Å². The van der Waals surface area contributed by atoms with Gasteiger partial charge in [0.25, 0.3) is 0 Å². The van der Waals surface area contributed by atoms with Crippen molar-refractivity contribution in [2.45, 2.75) is 33.3 Å². The highest BCUT2D eigenvalue weighted by Gasteiger charge is 2.13. The number of carbonyl (C=O) groups is 1. The molecule has 7 nitrogen and oxygen atoms in total. The van der Waals surface area contributed by atoms with Crippen molar-refractivity contribution in [1.82, 2.24) is 10.2 Å². The van der Waals surface area contributed by atoms with Crippen LogP contribution in [0.3, 0.4) is 0 Å². The number of benzene rings is 2. The lowest BCUT2D eigenvalue weighted by molar-refractivity contribution is -0.144. The van der Waals surface area contributed by atoms with Gasteiger partial charge >= 0.3 is 11.6 Å². The third-order valence-corrected chi connectivity index (χ3v) is 4.68. The molecular weight excluding hydrogens is 384 g/mol. The molecule has 4 rings (SSSR count). The van der Waals surface area contributed by atoms with Crippen molar-refractivity contribution < 1.29 is 18.4 Å². The summed E-state index contributed by atoms with van der Waals surface area (Å²) < 4.78 is 16.2. The van der Waals surface area contributed by atoms with Gasteiger partial charge in [0, 0.05) is 29.0 Å². The van der Waals surface area contributed by atoms with Crippen LogP contribution in [-0.4, -0.2) is 16.2 Å². The van der Waals surface area contributed by atoms with Crippen molar-refractivity contribution in [2.24, 2.45) is 0 Å². The molecule has 2 heterocycles. The van der Waals surface area contributed by atoms with Gasteiger partial charge in [0.2, 0.25) is 11.8 Å². The summed E-state index contributed by atoms with van der Waals surface area (Å²) >= 11 is 0. The highest BCUT2D eigenvalue weighted by molar-refractivity contribution is 5.81. The maximum atomic E-state index is 12.2. The summed E-state index contributed by atoms with van der Waals surface area (Å²) in [6.07, 6.45) is 0.364. The van der Waals surface area contributed by atoms with Crippen LogP contribution in [0, 0.1) is 13.8 Å². The second-order valence-electron chi connectivity index (χ2n) is 7.12. The Hall–Kier alpha value is -3.74. The van der Waals surface area contributed by atoms with Crippen LogP contribution < -0.4 is 5.63 Å². The molecule has 2 aromatic carbocycles. The van der Waals surface area contributed by atoms with E-state index in [9.17, 15) is 9.59 Å². The van der Waals surface area contributed by atoms with E-state index in [0.29, 0.717) is 22.9 Å². The van der Waals surface area contributed by atoms with Gasteiger partial charge in [-0.25, -0.2) is 4.79 Å². The van der Waals surface area contributed by atoms with Crippen LogP contribution in [0.15, 0.2) is 62.2 Å². The Morgan fingerprint density at radius 2 is 1.73 bits per heavy atom. The van der Waals surface area contributed by atoms with E-state index >= 15 is 0 Å². The number of hydrogen-bond acceptors (Lipinski definition) is 7. The summed E-state index contributed by atoms with van der Waals surface area (Å²) in [6, 6.07) is 14.6. The fraction of sp³-hybridized carbons (Fsp3) is 0.217. The van der Waals surface area contributed by atoms with Crippen LogP contribution >= 0.6 is 0 Å². The zero-order valence-corrected chi connectivity index (χ0v) is 16.7. The van der Waals surface area contributed by atoms with Crippen molar-refractivity contribution in [3.8, 4) is 11.5 Å². The van der Waals surface area contributed by atoms with Crippen molar-refractivity contribution in [2.75, 3.05) is 0 Å². The van der Waals surface area contributed by atoms with Gasteiger partial charge in [-0.15, -0.1) is 10.2 Å². The monoisotopic (exact) mass is 404 g/mol. The van der Waals surface area contributed by atoms with Gasteiger partial charge in [-0.2, -0.15) is 0 Å². The Kier molecular flexibility index (Phi) is 5.43. The first-order valence-corrected chi connectivity index (χ1v) is 9.56. The summed E-state index contributed by atoms with van der Waals surface area (Å²) in [4.78, 5) is 23.9. The maximum Gasteiger partial charge on any atom is 0.336 e. The first-order valence-electron chi connectivity index (χ1n) is 9.56. The summed E-state index contributed by atoms with van der Waals surface area (Å²) in [5.74, 6) is 0.360. The fourth-order valence-electron chi connectivity index (χ4n) is 3.06. The molecule has 0 fully saturated rings. The van der Waals surface area contributed by atoms with Crippen LogP contribution in [0.5, 0.6) is 0 Å². The van der Waals surface area contributed by atoms with Gasteiger partial charge in [-0.1, -0.05) is 29.8 Å². The average Bonchev–Trinajstić information content (AvgIpc) is 3.19. The largest absolute Gasteiger partial charge is 0.461 e. The Bertz CT molecular complexity index is 1250. The van der Waals surface area contributed by atoms with Crippen molar-refractivity contribution in [3.05, 3.63) is 81.5 Å². The molecule has 0 radical (unpaired) electrons. The van der Waals surface area contributed by atoms with Crippen LogP contribution in [0.1, 0.15) is 29.0 Å². The normalized spacial score (nSPS) is 11.0. The predicted octanol–water partition coefficient (Wildman–Crippen LogP) is 4.14. The Morgan fingerprint density at radius 1 is 0.967 bits per heavy atom. The second-order valence-corrected chi connectivity index (χ2v) is 7.12. The maximum absolute atomic E-state index is 12.2. The smallest absolute Gasteiger partial charge is 0.336 e. The third kappa shape index (κ3) is 4.46. The number of nitrogens with zero attached hydrogens (tertiary/aromatic N) is 2. The molecule has 0 amide bonds. The average molecular weight is 404 g/mol. The molecule has 4 aromatic rings. The molecule has 152 valence electrons. The molecule has 2 aromatic heterocycles. The van der Waals surface area contributed by atoms with E-state index in [4.69, 9.17) is 13.6 Å². The van der Waals surface area contributed by atoms with Crippen LogP contribution in [0.25, 0.3) is 22.4 Å². The van der Waals surface area contributed by atoms with Gasteiger partial charge < -0.3 is 13.6 Å². The number of carbonyl (C=O) groups excluding carboxylic acids is 1. The molecule has 30 heavy (non-hydrogen) atoms. The lowest BCUT2D eigenvalue weighted by Gasteiger charge is -2.07. The minimum Gasteiger partial charge on any atom is -0.461 e. The fourth-order valence-corrected chi connectivity index (χ4v) is 3.06. The molecule has 0 saturated carbocycles. The summed E-state index contributed by atoms with van der Waals surface area (Å²) in [5.41, 5.74) is 3.54. The first kappa shape index (κ1) is 19.6. The van der Waals surface area contributed by atoms with E-state index in [0.717, 1.165) is 22.1 Å². The van der Waals surface area contributed by atoms with Crippen LogP contribution in [-0.2, 0) is 22.6 Å². The number of hydrogen-bond donors (Lipinski definition) is 0. The molecule has 0 atom stereocenters. The minimum atomic E-state index is -0.478. The van der Waals surface area contributed by atoms with E-state index in [2.05, 4.69) is 10.2 Å². The third-order valence-electron chi connectivity index (χ3n) is 4.68. The topological polar surface area (TPSA) is 95.4 Å². The number of fused-ring (bicyclic) bond motifs is 1. The van der Waals surface area contributed by atoms with E-state index in [1.165, 1.54) is 6.07 Å². The Balaban J connectivity index is 1.36. The number of ether oxygens (including phenoxy) is 1. The summed E-state index contributed by atoms with van der Waals surface area (Å²) in [6.45, 7) is 3.90. The first-order chi connectivity index (χ1) is 14.5. The Morgan fingerprint density at radius 3 is 2.53 bits per heavy atom. The van der Waals surface area contributed by atoms with Gasteiger partial charge in [0.1, 0.15) is 12.2 Å². The van der Waals surface area contributed by atoms with Crippen LogP contribution in [0.2, 0.25) is 0 Å². The van der Waals surface area contributed by atoms with Crippen molar-refractivity contribution in [3.63, 3.8) is 0 Å². The molecular formula is C23H20N2O5. The van der Waals surface area contributed by atoms with Crippen molar-refractivity contribution >= 4 is 16.9 Å². The highest BCUT2D eigenvalue weighted by Crippen LogP contribution is 2.20. The molecule has 0 spiro atoms. The SMILES string of the molecule is Cc1ccc(-c2nnc(CCC(=O)OCc3cc(=O)oc4cc(C)ccc34)o2)cc1. The lowest BCUT2D eigenvalue weighted by Crippen LogP contribution is -2.08. The lowest BCUT2D eigenvalue weighted by atomic mass is 10.1. The number of aryl methyl sites for hydroxylation is 3. The minimum absolute atomic E-state index is 0.0115. The quantitative estimate of drug-likeness (QED) is 0.352. The van der Waals surface area contributed by atoms with E-state index < -0.39 is 11.6 Å². The standard InChI is InChI=1S/C23H20N2O5/c1-14-3-6-16(7-4-14)23-25-24-20(30-23)9-10-21(26)28-13-17-12-22(27)29-19-11-15(2)5-8-18(17)19/h3-8,11-12H,9-10,13H2,1-2H3. The molecule has 0 aliphatic heterocycles. The van der Waals surface area contributed by atoms with Gasteiger partial charge in [-0.05, 0) is 37.6 Å². The molecule has 7 heteroatoms. The summed E-state index contributed by atoms with van der Waals surface area (Å²) in [7, 11) is 0. The van der Waals surface area contributed by atoms with Gasteiger partial charge in [0.15, 0.2) is 0 Å². The number of rotatable bonds is 6. The van der Waals surface area contributed by atoms with Crippen molar-refractivity contribution in [1.29, 1.82) is 0 Å². The summed E-state index contributed by atoms with van der Waals surface area (Å²) in [5, 5.41) is 8.76. The highest BCUT2D eigenvalue weighted by atomic mass is 16.5. The molecule has 0 saturated heterocycles. The van der Waals surface area contributed by atoms with E-state index in [1.54, 1.807) is 6.07 Å². The zero-order chi connectivity index (χ0) is 21.1. The zero-order valence-electron chi connectivity index (χ0n) is 16.7. The van der Waals surface area contributed by atoms with Crippen LogP contribution in [0.4, 0.5) is 0 Å². The van der Waals surface area contributed by atoms with E-state index in [1.807, 2.05) is 50.2 Å². The number of esters is 1.